The molecule has 0 fully saturated rings. The lowest BCUT2D eigenvalue weighted by Crippen LogP contribution is -2.09. The van der Waals surface area contributed by atoms with Gasteiger partial charge in [-0.1, -0.05) is 6.92 Å². The maximum Gasteiger partial charge on any atom is 0.138 e. The van der Waals surface area contributed by atoms with Crippen molar-refractivity contribution in [3.05, 3.63) is 32.9 Å². The van der Waals surface area contributed by atoms with Gasteiger partial charge in [0.05, 0.1) is 6.10 Å². The van der Waals surface area contributed by atoms with Crippen LogP contribution in [0.1, 0.15) is 30.2 Å². The van der Waals surface area contributed by atoms with E-state index in [1.807, 2.05) is 16.1 Å². The molecule has 0 radical (unpaired) electrons. The Hall–Kier alpha value is -0.720. The van der Waals surface area contributed by atoms with Gasteiger partial charge in [-0.2, -0.15) is 5.10 Å². The smallest absolute Gasteiger partial charge is 0.138 e. The van der Waals surface area contributed by atoms with Crippen LogP contribution >= 0.6 is 27.3 Å². The van der Waals surface area contributed by atoms with Crippen LogP contribution in [-0.2, 0) is 13.0 Å². The first-order valence-corrected chi connectivity index (χ1v) is 7.17. The second-order valence-corrected chi connectivity index (χ2v) is 5.55. The number of aliphatic hydroxyl groups is 1. The van der Waals surface area contributed by atoms with Crippen molar-refractivity contribution < 1.29 is 5.11 Å². The second kappa shape index (κ2) is 5.75. The molecule has 0 saturated carbocycles. The van der Waals surface area contributed by atoms with Crippen molar-refractivity contribution in [2.45, 2.75) is 32.4 Å². The predicted octanol–water partition coefficient (Wildman–Crippen LogP) is 2.79. The van der Waals surface area contributed by atoms with Crippen LogP contribution in [0.15, 0.2) is 22.2 Å². The highest BCUT2D eigenvalue weighted by Gasteiger charge is 2.16. The minimum absolute atomic E-state index is 0.499. The van der Waals surface area contributed by atoms with Gasteiger partial charge in [0.15, 0.2) is 0 Å². The Labute approximate surface area is 112 Å². The van der Waals surface area contributed by atoms with Crippen LogP contribution in [0.3, 0.4) is 0 Å². The Bertz CT molecular complexity index is 483. The molecular weight excluding hydrogens is 302 g/mol. The lowest BCUT2D eigenvalue weighted by molar-refractivity contribution is 0.177. The van der Waals surface area contributed by atoms with Gasteiger partial charge in [0.25, 0.3) is 0 Å². The number of thiophene rings is 1. The van der Waals surface area contributed by atoms with E-state index in [-0.39, 0.29) is 0 Å². The van der Waals surface area contributed by atoms with Crippen molar-refractivity contribution in [2.24, 2.45) is 0 Å². The Morgan fingerprint density at radius 3 is 3.06 bits per heavy atom. The zero-order valence-electron chi connectivity index (χ0n) is 9.51. The normalized spacial score (nSPS) is 12.9. The molecule has 1 unspecified atom stereocenters. The molecule has 2 heterocycles. The summed E-state index contributed by atoms with van der Waals surface area (Å²) in [4.78, 5) is 5.14. The predicted molar refractivity (Wildman–Crippen MR) is 71.0 cm³/mol. The molecule has 0 bridgehead atoms. The number of aromatic nitrogens is 3. The van der Waals surface area contributed by atoms with Crippen LogP contribution in [0.4, 0.5) is 0 Å². The van der Waals surface area contributed by atoms with E-state index in [1.165, 1.54) is 0 Å². The van der Waals surface area contributed by atoms with E-state index in [4.69, 9.17) is 0 Å². The Morgan fingerprint density at radius 1 is 1.59 bits per heavy atom. The highest BCUT2D eigenvalue weighted by molar-refractivity contribution is 9.10. The van der Waals surface area contributed by atoms with Crippen LogP contribution in [0.5, 0.6) is 0 Å². The molecule has 0 amide bonds. The van der Waals surface area contributed by atoms with Gasteiger partial charge in [-0.15, -0.1) is 11.3 Å². The minimum Gasteiger partial charge on any atom is -0.387 e. The minimum atomic E-state index is -0.524. The molecule has 6 heteroatoms. The quantitative estimate of drug-likeness (QED) is 0.923. The summed E-state index contributed by atoms with van der Waals surface area (Å²) in [5.41, 5.74) is 0. The van der Waals surface area contributed by atoms with E-state index in [0.29, 0.717) is 6.42 Å². The summed E-state index contributed by atoms with van der Waals surface area (Å²) in [5, 5.41) is 16.3. The molecule has 0 aliphatic carbocycles. The SMILES string of the molecule is CCCn1ncnc1CC(O)c1sccc1Br. The van der Waals surface area contributed by atoms with Crippen molar-refractivity contribution in [1.29, 1.82) is 0 Å². The summed E-state index contributed by atoms with van der Waals surface area (Å²) in [6.07, 6.45) is 2.53. The number of hydrogen-bond donors (Lipinski definition) is 1. The van der Waals surface area contributed by atoms with Crippen molar-refractivity contribution >= 4 is 27.3 Å². The van der Waals surface area contributed by atoms with Gasteiger partial charge in [-0.25, -0.2) is 4.98 Å². The summed E-state index contributed by atoms with van der Waals surface area (Å²) in [6, 6.07) is 1.94. The summed E-state index contributed by atoms with van der Waals surface area (Å²) in [5.74, 6) is 0.833. The fraction of sp³-hybridized carbons (Fsp3) is 0.455. The third-order valence-corrected chi connectivity index (χ3v) is 4.43. The number of aryl methyl sites for hydroxylation is 1. The van der Waals surface area contributed by atoms with Crippen LogP contribution < -0.4 is 0 Å². The average molecular weight is 316 g/mol. The van der Waals surface area contributed by atoms with Crippen LogP contribution in [0, 0.1) is 0 Å². The molecule has 1 atom stereocenters. The summed E-state index contributed by atoms with van der Waals surface area (Å²) >= 11 is 4.97. The molecule has 0 aromatic carbocycles. The fourth-order valence-electron chi connectivity index (χ4n) is 1.65. The van der Waals surface area contributed by atoms with Crippen molar-refractivity contribution in [3.8, 4) is 0 Å². The van der Waals surface area contributed by atoms with E-state index in [2.05, 4.69) is 32.9 Å². The molecule has 0 aliphatic heterocycles. The monoisotopic (exact) mass is 315 g/mol. The molecular formula is C11H14BrN3OS. The zero-order valence-corrected chi connectivity index (χ0v) is 11.9. The highest BCUT2D eigenvalue weighted by Crippen LogP contribution is 2.30. The molecule has 2 aromatic heterocycles. The average Bonchev–Trinajstić information content (AvgIpc) is 2.89. The number of aliphatic hydroxyl groups excluding tert-OH is 1. The molecule has 0 saturated heterocycles. The largest absolute Gasteiger partial charge is 0.387 e. The molecule has 92 valence electrons. The van der Waals surface area contributed by atoms with Crippen molar-refractivity contribution in [3.63, 3.8) is 0 Å². The molecule has 2 rings (SSSR count). The van der Waals surface area contributed by atoms with Crippen LogP contribution in [-0.4, -0.2) is 19.9 Å². The molecule has 1 N–H and O–H groups in total. The molecule has 4 nitrogen and oxygen atoms in total. The molecule has 2 aromatic rings. The van der Waals surface area contributed by atoms with Gasteiger partial charge >= 0.3 is 0 Å². The Balaban J connectivity index is 2.10. The van der Waals surface area contributed by atoms with E-state index in [0.717, 1.165) is 28.1 Å². The standard InChI is InChI=1S/C11H14BrN3OS/c1-2-4-15-10(13-7-14-15)6-9(16)11-8(12)3-5-17-11/h3,5,7,9,16H,2,4,6H2,1H3. The van der Waals surface area contributed by atoms with Gasteiger partial charge in [0.1, 0.15) is 12.2 Å². The summed E-state index contributed by atoms with van der Waals surface area (Å²) < 4.78 is 2.81. The first-order valence-electron chi connectivity index (χ1n) is 5.50. The van der Waals surface area contributed by atoms with Gasteiger partial charge in [-0.3, -0.25) is 4.68 Å². The zero-order chi connectivity index (χ0) is 12.3. The Morgan fingerprint density at radius 2 is 2.41 bits per heavy atom. The summed E-state index contributed by atoms with van der Waals surface area (Å²) in [6.45, 7) is 2.94. The Kier molecular flexibility index (Phi) is 4.31. The third kappa shape index (κ3) is 2.94. The first kappa shape index (κ1) is 12.7. The lowest BCUT2D eigenvalue weighted by atomic mass is 10.2. The number of rotatable bonds is 5. The molecule has 0 spiro atoms. The number of halogens is 1. The molecule has 17 heavy (non-hydrogen) atoms. The van der Waals surface area contributed by atoms with E-state index >= 15 is 0 Å². The highest BCUT2D eigenvalue weighted by atomic mass is 79.9. The second-order valence-electron chi connectivity index (χ2n) is 3.75. The number of nitrogens with zero attached hydrogens (tertiary/aromatic N) is 3. The van der Waals surface area contributed by atoms with Crippen molar-refractivity contribution in [2.75, 3.05) is 0 Å². The van der Waals surface area contributed by atoms with E-state index < -0.39 is 6.10 Å². The van der Waals surface area contributed by atoms with Gasteiger partial charge in [0.2, 0.25) is 0 Å². The molecule has 0 aliphatic rings. The van der Waals surface area contributed by atoms with E-state index in [9.17, 15) is 5.11 Å². The van der Waals surface area contributed by atoms with Gasteiger partial charge in [-0.05, 0) is 33.8 Å². The first-order chi connectivity index (χ1) is 8.22. The maximum atomic E-state index is 10.2. The van der Waals surface area contributed by atoms with Gasteiger partial charge < -0.3 is 5.11 Å². The summed E-state index contributed by atoms with van der Waals surface area (Å²) in [7, 11) is 0. The van der Waals surface area contributed by atoms with E-state index in [1.54, 1.807) is 17.7 Å². The number of hydrogen-bond acceptors (Lipinski definition) is 4. The maximum absolute atomic E-state index is 10.2. The topological polar surface area (TPSA) is 50.9 Å². The van der Waals surface area contributed by atoms with Crippen LogP contribution in [0.25, 0.3) is 0 Å². The van der Waals surface area contributed by atoms with Crippen LogP contribution in [0.2, 0.25) is 0 Å². The van der Waals surface area contributed by atoms with Crippen molar-refractivity contribution in [1.82, 2.24) is 14.8 Å². The van der Waals surface area contributed by atoms with Gasteiger partial charge in [0, 0.05) is 22.3 Å². The third-order valence-electron chi connectivity index (χ3n) is 2.45. The lowest BCUT2D eigenvalue weighted by Gasteiger charge is -2.10. The fourth-order valence-corrected chi connectivity index (χ4v) is 3.28.